The molecule has 7 nitrogen and oxygen atoms in total. The second-order valence-electron chi connectivity index (χ2n) is 9.33. The topological polar surface area (TPSA) is 93.8 Å². The van der Waals surface area contributed by atoms with Crippen LogP contribution in [0.1, 0.15) is 54.7 Å². The maximum Gasteiger partial charge on any atom is 0.303 e. The molecule has 4 aromatic rings. The van der Waals surface area contributed by atoms with E-state index < -0.39 is 5.97 Å². The number of benzene rings is 3. The number of allylic oxidation sites excluding steroid dienone is 1. The third-order valence-corrected chi connectivity index (χ3v) is 6.23. The number of hydrogen-bond acceptors (Lipinski definition) is 6. The number of carbonyl (C=O) groups is 1. The number of unbranched alkanes of at least 4 members (excludes halogenated alkanes) is 3. The first-order chi connectivity index (χ1) is 19.5. The Morgan fingerprint density at radius 1 is 0.975 bits per heavy atom. The number of halogens is 1. The van der Waals surface area contributed by atoms with Crippen molar-refractivity contribution in [3.63, 3.8) is 0 Å². The number of rotatable bonds is 15. The van der Waals surface area contributed by atoms with Crippen LogP contribution in [0.5, 0.6) is 5.75 Å². The number of aromatic nitrogens is 1. The summed E-state index contributed by atoms with van der Waals surface area (Å²) in [6.07, 6.45) is 5.22. The number of aryl methyl sites for hydroxylation is 1. The molecule has 0 radical (unpaired) electrons. The molecular formula is C32H33FN2O5. The monoisotopic (exact) mass is 544 g/mol. The number of aliphatic carboxylic acids is 1. The van der Waals surface area contributed by atoms with Crippen molar-refractivity contribution in [1.29, 1.82) is 0 Å². The molecule has 0 aliphatic heterocycles. The Balaban J connectivity index is 1.27. The van der Waals surface area contributed by atoms with E-state index in [-0.39, 0.29) is 12.2 Å². The zero-order chi connectivity index (χ0) is 28.2. The van der Waals surface area contributed by atoms with E-state index in [1.807, 2.05) is 67.6 Å². The molecule has 0 amide bonds. The Morgan fingerprint density at radius 2 is 1.73 bits per heavy atom. The minimum absolute atomic E-state index is 0.175. The molecule has 0 aliphatic carbocycles. The lowest BCUT2D eigenvalue weighted by atomic mass is 10.1. The van der Waals surface area contributed by atoms with Gasteiger partial charge >= 0.3 is 5.97 Å². The van der Waals surface area contributed by atoms with Crippen LogP contribution in [-0.4, -0.2) is 16.1 Å². The van der Waals surface area contributed by atoms with Gasteiger partial charge in [0.05, 0.1) is 12.3 Å². The zero-order valence-electron chi connectivity index (χ0n) is 22.4. The summed E-state index contributed by atoms with van der Waals surface area (Å²) in [5, 5.41) is 8.77. The number of ether oxygens (including phenoxy) is 1. The quantitative estimate of drug-likeness (QED) is 0.118. The highest BCUT2D eigenvalue weighted by molar-refractivity contribution is 5.66. The van der Waals surface area contributed by atoms with Crippen LogP contribution >= 0.6 is 0 Å². The lowest BCUT2D eigenvalue weighted by molar-refractivity contribution is -0.137. The summed E-state index contributed by atoms with van der Waals surface area (Å²) < 4.78 is 25.1. The molecule has 40 heavy (non-hydrogen) atoms. The van der Waals surface area contributed by atoms with Crippen LogP contribution in [0.25, 0.3) is 17.2 Å². The van der Waals surface area contributed by atoms with Crippen LogP contribution in [0.3, 0.4) is 0 Å². The van der Waals surface area contributed by atoms with E-state index in [0.29, 0.717) is 31.3 Å². The van der Waals surface area contributed by atoms with Crippen molar-refractivity contribution in [3.05, 3.63) is 113 Å². The van der Waals surface area contributed by atoms with Gasteiger partial charge in [-0.05, 0) is 85.8 Å². The number of hydrogen-bond donors (Lipinski definition) is 2. The summed E-state index contributed by atoms with van der Waals surface area (Å²) in [4.78, 5) is 21.0. The molecule has 2 N–H and O–H groups in total. The van der Waals surface area contributed by atoms with Gasteiger partial charge in [-0.1, -0.05) is 42.8 Å². The minimum atomic E-state index is -0.778. The van der Waals surface area contributed by atoms with Crippen molar-refractivity contribution >= 4 is 11.7 Å². The molecule has 8 heteroatoms. The molecule has 0 fully saturated rings. The number of oxazole rings is 1. The largest absolute Gasteiger partial charge is 0.487 e. The Labute approximate surface area is 233 Å². The van der Waals surface area contributed by atoms with E-state index in [1.54, 1.807) is 12.1 Å². The Hall–Kier alpha value is -4.43. The SMILES string of the molecule is Cc1oc(-c2ccccc2)nc1COc1ccc(CONC(=CCCCCCC(=O)O)c2ccc(F)cc2)cc1. The third-order valence-electron chi connectivity index (χ3n) is 6.23. The highest BCUT2D eigenvalue weighted by Gasteiger charge is 2.12. The van der Waals surface area contributed by atoms with Gasteiger partial charge in [0.25, 0.3) is 0 Å². The number of nitrogens with zero attached hydrogens (tertiary/aromatic N) is 1. The first-order valence-electron chi connectivity index (χ1n) is 13.3. The molecule has 0 spiro atoms. The molecule has 0 atom stereocenters. The summed E-state index contributed by atoms with van der Waals surface area (Å²) in [6.45, 7) is 2.47. The maximum atomic E-state index is 13.4. The molecule has 4 rings (SSSR count). The Morgan fingerprint density at radius 3 is 2.45 bits per heavy atom. The van der Waals surface area contributed by atoms with Crippen LogP contribution in [0.4, 0.5) is 4.39 Å². The van der Waals surface area contributed by atoms with Crippen molar-refractivity contribution in [2.45, 2.75) is 52.2 Å². The van der Waals surface area contributed by atoms with Crippen LogP contribution in [-0.2, 0) is 22.8 Å². The van der Waals surface area contributed by atoms with Crippen molar-refractivity contribution in [3.8, 4) is 17.2 Å². The molecular weight excluding hydrogens is 511 g/mol. The number of carboxylic acid groups (broad SMARTS) is 1. The van der Waals surface area contributed by atoms with Gasteiger partial charge in [-0.2, -0.15) is 0 Å². The van der Waals surface area contributed by atoms with E-state index >= 15 is 0 Å². The van der Waals surface area contributed by atoms with Crippen molar-refractivity contribution in [1.82, 2.24) is 10.5 Å². The molecule has 0 saturated carbocycles. The van der Waals surface area contributed by atoms with E-state index in [4.69, 9.17) is 19.1 Å². The van der Waals surface area contributed by atoms with Crippen LogP contribution in [0, 0.1) is 12.7 Å². The molecule has 1 aromatic heterocycles. The van der Waals surface area contributed by atoms with E-state index in [2.05, 4.69) is 10.5 Å². The van der Waals surface area contributed by atoms with E-state index in [9.17, 15) is 9.18 Å². The molecule has 3 aromatic carbocycles. The Kier molecular flexibility index (Phi) is 10.5. The summed E-state index contributed by atoms with van der Waals surface area (Å²) in [6, 6.07) is 23.5. The van der Waals surface area contributed by atoms with Gasteiger partial charge in [0.15, 0.2) is 0 Å². The van der Waals surface area contributed by atoms with Gasteiger partial charge in [0.1, 0.15) is 29.6 Å². The lowest BCUT2D eigenvalue weighted by Crippen LogP contribution is -2.13. The molecule has 1 heterocycles. The molecule has 208 valence electrons. The molecule has 0 unspecified atom stereocenters. The minimum Gasteiger partial charge on any atom is -0.487 e. The van der Waals surface area contributed by atoms with Gasteiger partial charge in [-0.15, -0.1) is 0 Å². The number of hydroxylamine groups is 1. The first kappa shape index (κ1) is 28.6. The molecule has 0 bridgehead atoms. The standard InChI is InChI=1S/C32H33FN2O5/c1-23-30(34-32(40-23)26-9-5-4-6-10-26)22-38-28-19-13-24(14-20-28)21-39-35-29(25-15-17-27(33)18-16-25)11-7-2-3-8-12-31(36)37/h4-6,9-11,13-20,35H,2-3,7-8,12,21-22H2,1H3,(H,36,37). The first-order valence-corrected chi connectivity index (χ1v) is 13.3. The average molecular weight is 545 g/mol. The van der Waals surface area contributed by atoms with Crippen molar-refractivity contribution in [2.75, 3.05) is 0 Å². The second-order valence-corrected chi connectivity index (χ2v) is 9.33. The van der Waals surface area contributed by atoms with Gasteiger partial charge in [0.2, 0.25) is 5.89 Å². The van der Waals surface area contributed by atoms with Gasteiger partial charge in [-0.3, -0.25) is 15.1 Å². The maximum absolute atomic E-state index is 13.4. The fourth-order valence-corrected chi connectivity index (χ4v) is 3.99. The predicted octanol–water partition coefficient (Wildman–Crippen LogP) is 7.47. The molecule has 0 aliphatic rings. The van der Waals surface area contributed by atoms with Gasteiger partial charge in [-0.25, -0.2) is 9.37 Å². The van der Waals surface area contributed by atoms with Crippen molar-refractivity contribution in [2.24, 2.45) is 0 Å². The lowest BCUT2D eigenvalue weighted by Gasteiger charge is -2.12. The van der Waals surface area contributed by atoms with Crippen LogP contribution in [0.15, 0.2) is 89.4 Å². The highest BCUT2D eigenvalue weighted by atomic mass is 19.1. The summed E-state index contributed by atoms with van der Waals surface area (Å²) in [5.41, 5.74) is 7.13. The zero-order valence-corrected chi connectivity index (χ0v) is 22.4. The van der Waals surface area contributed by atoms with E-state index in [0.717, 1.165) is 53.1 Å². The fourth-order valence-electron chi connectivity index (χ4n) is 3.99. The average Bonchev–Trinajstić information content (AvgIpc) is 3.34. The highest BCUT2D eigenvalue weighted by Crippen LogP contribution is 2.23. The molecule has 0 saturated heterocycles. The van der Waals surface area contributed by atoms with Gasteiger partial charge < -0.3 is 14.3 Å². The van der Waals surface area contributed by atoms with Crippen LogP contribution in [0.2, 0.25) is 0 Å². The van der Waals surface area contributed by atoms with Crippen LogP contribution < -0.4 is 10.2 Å². The van der Waals surface area contributed by atoms with Crippen molar-refractivity contribution < 1.29 is 28.3 Å². The number of nitrogens with one attached hydrogen (secondary N) is 1. The van der Waals surface area contributed by atoms with E-state index in [1.165, 1.54) is 12.1 Å². The normalized spacial score (nSPS) is 11.4. The smallest absolute Gasteiger partial charge is 0.303 e. The predicted molar refractivity (Wildman–Crippen MR) is 150 cm³/mol. The fraction of sp³-hybridized carbons (Fsp3) is 0.250. The Bertz CT molecular complexity index is 1380. The van der Waals surface area contributed by atoms with Gasteiger partial charge in [0, 0.05) is 12.0 Å². The number of carboxylic acids is 1. The third kappa shape index (κ3) is 8.81. The summed E-state index contributed by atoms with van der Waals surface area (Å²) in [5.74, 6) is 0.911. The summed E-state index contributed by atoms with van der Waals surface area (Å²) >= 11 is 0. The second kappa shape index (κ2) is 14.6. The summed E-state index contributed by atoms with van der Waals surface area (Å²) in [7, 11) is 0.